The van der Waals surface area contributed by atoms with Gasteiger partial charge in [0.2, 0.25) is 0 Å². The summed E-state index contributed by atoms with van der Waals surface area (Å²) in [5.74, 6) is 0.869. The first-order valence-corrected chi connectivity index (χ1v) is 7.68. The molecule has 23 heavy (non-hydrogen) atoms. The van der Waals surface area contributed by atoms with Crippen LogP contribution in [-0.4, -0.2) is 39.7 Å². The second kappa shape index (κ2) is 7.26. The number of aromatic nitrogens is 2. The van der Waals surface area contributed by atoms with Gasteiger partial charge in [0.15, 0.2) is 0 Å². The third kappa shape index (κ3) is 3.52. The summed E-state index contributed by atoms with van der Waals surface area (Å²) in [6.45, 7) is 2.14. The Balaban J connectivity index is 1.81. The van der Waals surface area contributed by atoms with E-state index in [0.717, 1.165) is 22.7 Å². The van der Waals surface area contributed by atoms with Crippen LogP contribution in [0.25, 0.3) is 5.65 Å². The Morgan fingerprint density at radius 2 is 1.96 bits per heavy atom. The van der Waals surface area contributed by atoms with Crippen molar-refractivity contribution in [2.24, 2.45) is 0 Å². The number of hydrogen-bond donors (Lipinski definition) is 1. The van der Waals surface area contributed by atoms with E-state index < -0.39 is 0 Å². The van der Waals surface area contributed by atoms with Gasteiger partial charge in [0, 0.05) is 31.4 Å². The van der Waals surface area contributed by atoms with E-state index in [2.05, 4.69) is 20.4 Å². The average molecular weight is 311 g/mol. The molecule has 120 valence electrons. The van der Waals surface area contributed by atoms with Crippen molar-refractivity contribution in [1.29, 1.82) is 0 Å². The van der Waals surface area contributed by atoms with Gasteiger partial charge < -0.3 is 14.2 Å². The van der Waals surface area contributed by atoms with E-state index in [-0.39, 0.29) is 6.61 Å². The topological polar surface area (TPSA) is 50.0 Å². The highest BCUT2D eigenvalue weighted by Crippen LogP contribution is 2.20. The van der Waals surface area contributed by atoms with Gasteiger partial charge in [0.05, 0.1) is 25.6 Å². The van der Waals surface area contributed by atoms with Gasteiger partial charge in [0.25, 0.3) is 0 Å². The lowest BCUT2D eigenvalue weighted by atomic mass is 10.2. The number of para-hydroxylation sites is 1. The number of imidazole rings is 1. The molecule has 5 nitrogen and oxygen atoms in total. The molecular weight excluding hydrogens is 290 g/mol. The zero-order valence-corrected chi connectivity index (χ0v) is 13.2. The Morgan fingerprint density at radius 1 is 1.13 bits per heavy atom. The van der Waals surface area contributed by atoms with Crippen molar-refractivity contribution in [1.82, 2.24) is 14.3 Å². The Labute approximate surface area is 135 Å². The maximum Gasteiger partial charge on any atom is 0.136 e. The number of pyridine rings is 1. The van der Waals surface area contributed by atoms with Gasteiger partial charge in [0.1, 0.15) is 11.4 Å². The number of aliphatic hydroxyl groups is 1. The van der Waals surface area contributed by atoms with E-state index in [1.807, 2.05) is 48.8 Å². The summed E-state index contributed by atoms with van der Waals surface area (Å²) in [5.41, 5.74) is 3.14. The van der Waals surface area contributed by atoms with Gasteiger partial charge in [-0.1, -0.05) is 24.3 Å². The van der Waals surface area contributed by atoms with Crippen LogP contribution < -0.4 is 4.74 Å². The number of aliphatic hydroxyl groups excluding tert-OH is 1. The Hall–Kier alpha value is -2.37. The van der Waals surface area contributed by atoms with Crippen LogP contribution in [0.3, 0.4) is 0 Å². The average Bonchev–Trinajstić information content (AvgIpc) is 2.99. The molecule has 2 heterocycles. The number of methoxy groups -OCH3 is 1. The summed E-state index contributed by atoms with van der Waals surface area (Å²) in [5, 5.41) is 9.39. The van der Waals surface area contributed by atoms with Crippen LogP contribution in [0.1, 0.15) is 11.3 Å². The standard InChI is InChI=1S/C18H21N3O2/c1-23-17-7-3-2-6-15(17)13-20(10-11-22)14-16-12-19-18-8-4-5-9-21(16)18/h2-9,12,22H,10-11,13-14H2,1H3. The van der Waals surface area contributed by atoms with Gasteiger partial charge in [-0.15, -0.1) is 0 Å². The number of ether oxygens (including phenoxy) is 1. The molecule has 0 unspecified atom stereocenters. The fourth-order valence-electron chi connectivity index (χ4n) is 2.76. The van der Waals surface area contributed by atoms with Crippen molar-refractivity contribution in [2.75, 3.05) is 20.3 Å². The molecule has 0 atom stereocenters. The molecule has 2 aromatic heterocycles. The second-order valence-corrected chi connectivity index (χ2v) is 5.42. The molecule has 0 bridgehead atoms. The molecule has 0 aliphatic rings. The molecule has 3 rings (SSSR count). The Bertz CT molecular complexity index is 770. The molecule has 0 aliphatic carbocycles. The second-order valence-electron chi connectivity index (χ2n) is 5.42. The van der Waals surface area contributed by atoms with Crippen LogP contribution in [0.2, 0.25) is 0 Å². The van der Waals surface area contributed by atoms with Crippen molar-refractivity contribution < 1.29 is 9.84 Å². The van der Waals surface area contributed by atoms with E-state index in [1.54, 1.807) is 7.11 Å². The monoisotopic (exact) mass is 311 g/mol. The maximum absolute atomic E-state index is 9.39. The summed E-state index contributed by atoms with van der Waals surface area (Å²) >= 11 is 0. The van der Waals surface area contributed by atoms with E-state index >= 15 is 0 Å². The van der Waals surface area contributed by atoms with Gasteiger partial charge in [-0.05, 0) is 18.2 Å². The molecule has 3 aromatic rings. The van der Waals surface area contributed by atoms with E-state index in [1.165, 1.54) is 0 Å². The largest absolute Gasteiger partial charge is 0.496 e. The minimum absolute atomic E-state index is 0.117. The lowest BCUT2D eigenvalue weighted by molar-refractivity contribution is 0.181. The summed E-state index contributed by atoms with van der Waals surface area (Å²) < 4.78 is 7.50. The van der Waals surface area contributed by atoms with Gasteiger partial charge >= 0.3 is 0 Å². The third-order valence-corrected chi connectivity index (χ3v) is 3.88. The molecule has 1 N–H and O–H groups in total. The fraction of sp³-hybridized carbons (Fsp3) is 0.278. The summed E-state index contributed by atoms with van der Waals surface area (Å²) in [4.78, 5) is 6.61. The quantitative estimate of drug-likeness (QED) is 0.727. The molecule has 1 aromatic carbocycles. The number of nitrogens with zero attached hydrogens (tertiary/aromatic N) is 3. The summed E-state index contributed by atoms with van der Waals surface area (Å²) in [6, 6.07) is 13.9. The predicted octanol–water partition coefficient (Wildman–Crippen LogP) is 2.34. The number of hydrogen-bond acceptors (Lipinski definition) is 4. The fourth-order valence-corrected chi connectivity index (χ4v) is 2.76. The molecule has 0 amide bonds. The first-order valence-electron chi connectivity index (χ1n) is 7.68. The van der Waals surface area contributed by atoms with E-state index in [4.69, 9.17) is 4.74 Å². The van der Waals surface area contributed by atoms with Crippen LogP contribution in [0.5, 0.6) is 5.75 Å². The van der Waals surface area contributed by atoms with Crippen LogP contribution in [-0.2, 0) is 13.1 Å². The Morgan fingerprint density at radius 3 is 2.78 bits per heavy atom. The van der Waals surface area contributed by atoms with Crippen molar-refractivity contribution in [3.05, 3.63) is 66.1 Å². The molecule has 0 aliphatic heterocycles. The van der Waals surface area contributed by atoms with E-state index in [0.29, 0.717) is 19.6 Å². The molecule has 0 saturated carbocycles. The maximum atomic E-state index is 9.39. The number of rotatable bonds is 7. The molecule has 0 saturated heterocycles. The minimum atomic E-state index is 0.117. The van der Waals surface area contributed by atoms with E-state index in [9.17, 15) is 5.11 Å². The van der Waals surface area contributed by atoms with Crippen molar-refractivity contribution in [2.45, 2.75) is 13.1 Å². The van der Waals surface area contributed by atoms with Gasteiger partial charge in [-0.3, -0.25) is 4.90 Å². The zero-order valence-electron chi connectivity index (χ0n) is 13.2. The molecule has 5 heteroatoms. The van der Waals surface area contributed by atoms with Crippen LogP contribution in [0, 0.1) is 0 Å². The zero-order chi connectivity index (χ0) is 16.1. The highest BCUT2D eigenvalue weighted by atomic mass is 16.5. The Kier molecular flexibility index (Phi) is 4.90. The predicted molar refractivity (Wildman–Crippen MR) is 89.4 cm³/mol. The SMILES string of the molecule is COc1ccccc1CN(CCO)Cc1cnc2ccccn12. The van der Waals surface area contributed by atoms with Crippen LogP contribution in [0.15, 0.2) is 54.9 Å². The lowest BCUT2D eigenvalue weighted by Gasteiger charge is -2.22. The highest BCUT2D eigenvalue weighted by Gasteiger charge is 2.12. The lowest BCUT2D eigenvalue weighted by Crippen LogP contribution is -2.26. The number of fused-ring (bicyclic) bond motifs is 1. The highest BCUT2D eigenvalue weighted by molar-refractivity contribution is 5.39. The summed E-state index contributed by atoms with van der Waals surface area (Å²) in [6.07, 6.45) is 3.90. The molecular formula is C18H21N3O2. The minimum Gasteiger partial charge on any atom is -0.496 e. The van der Waals surface area contributed by atoms with Crippen molar-refractivity contribution in [3.8, 4) is 5.75 Å². The number of benzene rings is 1. The normalized spacial score (nSPS) is 11.3. The van der Waals surface area contributed by atoms with Crippen LogP contribution in [0.4, 0.5) is 0 Å². The molecule has 0 spiro atoms. The van der Waals surface area contributed by atoms with Gasteiger partial charge in [-0.25, -0.2) is 4.98 Å². The van der Waals surface area contributed by atoms with Crippen molar-refractivity contribution in [3.63, 3.8) is 0 Å². The molecule has 0 radical (unpaired) electrons. The first kappa shape index (κ1) is 15.5. The summed E-state index contributed by atoms with van der Waals surface area (Å²) in [7, 11) is 1.68. The smallest absolute Gasteiger partial charge is 0.136 e. The van der Waals surface area contributed by atoms with Crippen molar-refractivity contribution >= 4 is 5.65 Å². The van der Waals surface area contributed by atoms with Gasteiger partial charge in [-0.2, -0.15) is 0 Å². The first-order chi connectivity index (χ1) is 11.3. The third-order valence-electron chi connectivity index (χ3n) is 3.88. The van der Waals surface area contributed by atoms with Crippen LogP contribution >= 0.6 is 0 Å². The molecule has 0 fully saturated rings.